The van der Waals surface area contributed by atoms with E-state index in [-0.39, 0.29) is 5.56 Å². The van der Waals surface area contributed by atoms with Gasteiger partial charge in [0, 0.05) is 12.4 Å². The molecule has 0 aliphatic heterocycles. The van der Waals surface area contributed by atoms with Gasteiger partial charge in [-0.15, -0.1) is 0 Å². The predicted octanol–water partition coefficient (Wildman–Crippen LogP) is 1.79. The lowest BCUT2D eigenvalue weighted by atomic mass is 10.3. The highest BCUT2D eigenvalue weighted by molar-refractivity contribution is 5.87. The molecule has 17 heavy (non-hydrogen) atoms. The second-order valence-electron chi connectivity index (χ2n) is 3.41. The molecule has 0 unspecified atom stereocenters. The van der Waals surface area contributed by atoms with Gasteiger partial charge in [0.05, 0.1) is 17.8 Å². The third-order valence-corrected chi connectivity index (χ3v) is 2.19. The van der Waals surface area contributed by atoms with Crippen LogP contribution in [-0.2, 0) is 6.54 Å². The van der Waals surface area contributed by atoms with Crippen LogP contribution in [0.5, 0.6) is 0 Å². The van der Waals surface area contributed by atoms with Crippen molar-refractivity contribution in [3.05, 3.63) is 54.0 Å². The topological polar surface area (TPSA) is 75.1 Å². The lowest BCUT2D eigenvalue weighted by Crippen LogP contribution is -2.04. The maximum atomic E-state index is 10.6. The summed E-state index contributed by atoms with van der Waals surface area (Å²) in [5.74, 6) is -0.352. The molecule has 0 saturated heterocycles. The Hall–Kier alpha value is -2.43. The third-order valence-electron chi connectivity index (χ3n) is 2.19. The first-order valence-electron chi connectivity index (χ1n) is 5.09. The fourth-order valence-electron chi connectivity index (χ4n) is 1.31. The molecule has 0 spiro atoms. The Labute approximate surface area is 98.2 Å². The minimum atomic E-state index is -0.978. The maximum absolute atomic E-state index is 10.6. The molecule has 0 atom stereocenters. The summed E-state index contributed by atoms with van der Waals surface area (Å²) in [6, 6.07) is 8.80. The Morgan fingerprint density at radius 3 is 2.71 bits per heavy atom. The molecule has 2 N–H and O–H groups in total. The average Bonchev–Trinajstić information content (AvgIpc) is 2.38. The summed E-state index contributed by atoms with van der Waals surface area (Å²) < 4.78 is 0. The van der Waals surface area contributed by atoms with Gasteiger partial charge < -0.3 is 10.4 Å². The standard InChI is InChI=1S/C12H11N3O2/c16-12(17)9-4-5-11(14-7-9)15-8-10-3-1-2-6-13-10/h1-7H,8H2,(H,14,15)(H,16,17). The van der Waals surface area contributed by atoms with Gasteiger partial charge in [0.2, 0.25) is 0 Å². The van der Waals surface area contributed by atoms with Gasteiger partial charge in [0.15, 0.2) is 0 Å². The molecule has 2 aromatic rings. The van der Waals surface area contributed by atoms with Gasteiger partial charge in [-0.1, -0.05) is 6.07 Å². The van der Waals surface area contributed by atoms with Gasteiger partial charge in [-0.2, -0.15) is 0 Å². The van der Waals surface area contributed by atoms with Gasteiger partial charge >= 0.3 is 5.97 Å². The zero-order valence-electron chi connectivity index (χ0n) is 9.00. The van der Waals surface area contributed by atoms with Gasteiger partial charge in [0.25, 0.3) is 0 Å². The van der Waals surface area contributed by atoms with E-state index in [1.54, 1.807) is 12.3 Å². The quantitative estimate of drug-likeness (QED) is 0.835. The molecule has 0 amide bonds. The molecular weight excluding hydrogens is 218 g/mol. The number of hydrogen-bond donors (Lipinski definition) is 2. The number of nitrogens with one attached hydrogen (secondary N) is 1. The van der Waals surface area contributed by atoms with Crippen LogP contribution in [0.15, 0.2) is 42.7 Å². The number of carbonyl (C=O) groups is 1. The summed E-state index contributed by atoms with van der Waals surface area (Å²) >= 11 is 0. The summed E-state index contributed by atoms with van der Waals surface area (Å²) in [6.45, 7) is 0.556. The smallest absolute Gasteiger partial charge is 0.337 e. The van der Waals surface area contributed by atoms with Crippen molar-refractivity contribution in [3.8, 4) is 0 Å². The van der Waals surface area contributed by atoms with E-state index >= 15 is 0 Å². The third kappa shape index (κ3) is 3.01. The summed E-state index contributed by atoms with van der Waals surface area (Å²) in [5.41, 5.74) is 1.07. The average molecular weight is 229 g/mol. The first-order chi connectivity index (χ1) is 8.25. The van der Waals surface area contributed by atoms with Crippen molar-refractivity contribution in [2.24, 2.45) is 0 Å². The molecule has 0 aliphatic rings. The van der Waals surface area contributed by atoms with Crippen LogP contribution in [-0.4, -0.2) is 21.0 Å². The van der Waals surface area contributed by atoms with Crippen LogP contribution in [0.2, 0.25) is 0 Å². The van der Waals surface area contributed by atoms with Gasteiger partial charge in [-0.3, -0.25) is 4.98 Å². The first kappa shape index (κ1) is 11.1. The summed E-state index contributed by atoms with van der Waals surface area (Å²) in [4.78, 5) is 18.8. The van der Waals surface area contributed by atoms with E-state index < -0.39 is 5.97 Å². The Morgan fingerprint density at radius 2 is 2.12 bits per heavy atom. The van der Waals surface area contributed by atoms with Crippen molar-refractivity contribution in [2.75, 3.05) is 5.32 Å². The van der Waals surface area contributed by atoms with Crippen LogP contribution in [0.3, 0.4) is 0 Å². The number of aromatic nitrogens is 2. The van der Waals surface area contributed by atoms with Crippen LogP contribution in [0.4, 0.5) is 5.82 Å². The number of anilines is 1. The van der Waals surface area contributed by atoms with Gasteiger partial charge in [0.1, 0.15) is 5.82 Å². The molecule has 5 nitrogen and oxygen atoms in total. The second-order valence-corrected chi connectivity index (χ2v) is 3.41. The van der Waals surface area contributed by atoms with Crippen molar-refractivity contribution in [2.45, 2.75) is 6.54 Å². The van der Waals surface area contributed by atoms with Gasteiger partial charge in [-0.05, 0) is 24.3 Å². The summed E-state index contributed by atoms with van der Waals surface area (Å²) in [7, 11) is 0. The molecule has 0 aromatic carbocycles. The molecule has 2 heterocycles. The number of pyridine rings is 2. The van der Waals surface area contributed by atoms with E-state index in [0.717, 1.165) is 5.69 Å². The SMILES string of the molecule is O=C(O)c1ccc(NCc2ccccn2)nc1. The molecule has 5 heteroatoms. The number of aromatic carboxylic acids is 1. The fraction of sp³-hybridized carbons (Fsp3) is 0.0833. The van der Waals surface area contributed by atoms with Crippen LogP contribution in [0.25, 0.3) is 0 Å². The van der Waals surface area contributed by atoms with E-state index in [4.69, 9.17) is 5.11 Å². The van der Waals surface area contributed by atoms with Crippen LogP contribution in [0, 0.1) is 0 Å². The molecule has 0 bridgehead atoms. The van der Waals surface area contributed by atoms with Gasteiger partial charge in [-0.25, -0.2) is 9.78 Å². The number of hydrogen-bond acceptors (Lipinski definition) is 4. The number of nitrogens with zero attached hydrogens (tertiary/aromatic N) is 2. The maximum Gasteiger partial charge on any atom is 0.337 e. The molecule has 2 aromatic heterocycles. The second kappa shape index (κ2) is 5.07. The summed E-state index contributed by atoms with van der Waals surface area (Å²) in [5, 5.41) is 11.8. The fourth-order valence-corrected chi connectivity index (χ4v) is 1.31. The zero-order chi connectivity index (χ0) is 12.1. The minimum Gasteiger partial charge on any atom is -0.478 e. The molecule has 2 rings (SSSR count). The highest BCUT2D eigenvalue weighted by Crippen LogP contribution is 2.06. The van der Waals surface area contributed by atoms with Crippen molar-refractivity contribution in [3.63, 3.8) is 0 Å². The first-order valence-corrected chi connectivity index (χ1v) is 5.09. The number of rotatable bonds is 4. The van der Waals surface area contributed by atoms with Crippen LogP contribution in [0.1, 0.15) is 16.1 Å². The van der Waals surface area contributed by atoms with Crippen molar-refractivity contribution in [1.29, 1.82) is 0 Å². The highest BCUT2D eigenvalue weighted by Gasteiger charge is 2.02. The van der Waals surface area contributed by atoms with Crippen molar-refractivity contribution in [1.82, 2.24) is 9.97 Å². The number of carboxylic acid groups (broad SMARTS) is 1. The molecule has 0 radical (unpaired) electrons. The lowest BCUT2D eigenvalue weighted by Gasteiger charge is -2.04. The normalized spacial score (nSPS) is 9.88. The van der Waals surface area contributed by atoms with E-state index in [1.807, 2.05) is 18.2 Å². The van der Waals surface area contributed by atoms with Crippen LogP contribution < -0.4 is 5.32 Å². The Bertz CT molecular complexity index is 497. The Balaban J connectivity index is 1.98. The molecule has 0 fully saturated rings. The Kier molecular flexibility index (Phi) is 3.30. The van der Waals surface area contributed by atoms with Crippen LogP contribution >= 0.6 is 0 Å². The largest absolute Gasteiger partial charge is 0.478 e. The molecule has 0 saturated carbocycles. The summed E-state index contributed by atoms with van der Waals surface area (Å²) in [6.07, 6.45) is 3.04. The van der Waals surface area contributed by atoms with E-state index in [2.05, 4.69) is 15.3 Å². The van der Waals surface area contributed by atoms with Crippen molar-refractivity contribution < 1.29 is 9.90 Å². The zero-order valence-corrected chi connectivity index (χ0v) is 9.00. The van der Waals surface area contributed by atoms with E-state index in [9.17, 15) is 4.79 Å². The Morgan fingerprint density at radius 1 is 1.24 bits per heavy atom. The minimum absolute atomic E-state index is 0.174. The van der Waals surface area contributed by atoms with E-state index in [1.165, 1.54) is 12.3 Å². The monoisotopic (exact) mass is 229 g/mol. The predicted molar refractivity (Wildman–Crippen MR) is 62.8 cm³/mol. The molecule has 86 valence electrons. The highest BCUT2D eigenvalue weighted by atomic mass is 16.4. The van der Waals surface area contributed by atoms with Crippen molar-refractivity contribution >= 4 is 11.8 Å². The number of carboxylic acids is 1. The molecule has 0 aliphatic carbocycles. The van der Waals surface area contributed by atoms with E-state index in [0.29, 0.717) is 12.4 Å². The lowest BCUT2D eigenvalue weighted by molar-refractivity contribution is 0.0696. The molecular formula is C12H11N3O2.